The fourth-order valence-corrected chi connectivity index (χ4v) is 4.01. The first-order chi connectivity index (χ1) is 10.4. The van der Waals surface area contributed by atoms with Gasteiger partial charge in [0, 0.05) is 5.92 Å². The average Bonchev–Trinajstić information content (AvgIpc) is 2.90. The molecule has 1 atom stereocenters. The van der Waals surface area contributed by atoms with Gasteiger partial charge < -0.3 is 0 Å². The zero-order chi connectivity index (χ0) is 13.8. The van der Waals surface area contributed by atoms with Crippen molar-refractivity contribution >= 4 is 23.8 Å². The molecule has 0 amide bonds. The average molecular weight is 268 g/mol. The van der Waals surface area contributed by atoms with Gasteiger partial charge in [0.1, 0.15) is 0 Å². The van der Waals surface area contributed by atoms with E-state index in [1.54, 1.807) is 11.1 Å². The molecule has 1 unspecified atom stereocenters. The van der Waals surface area contributed by atoms with Gasteiger partial charge in [-0.3, -0.25) is 0 Å². The van der Waals surface area contributed by atoms with Crippen molar-refractivity contribution in [2.45, 2.75) is 12.8 Å². The van der Waals surface area contributed by atoms with Gasteiger partial charge in [-0.05, 0) is 56.5 Å². The van der Waals surface area contributed by atoms with Gasteiger partial charge in [-0.2, -0.15) is 0 Å². The number of fused-ring (bicyclic) bond motifs is 5. The SMILES string of the molecule is C1=CCc2c3c(ccc2=C1)=C1C=c2ccccc2=CC1C3. The molecule has 0 heterocycles. The highest BCUT2D eigenvalue weighted by atomic mass is 14.3. The highest BCUT2D eigenvalue weighted by Gasteiger charge is 2.24. The maximum absolute atomic E-state index is 2.46. The van der Waals surface area contributed by atoms with Crippen LogP contribution in [0.1, 0.15) is 11.1 Å². The van der Waals surface area contributed by atoms with Crippen LogP contribution in [0.4, 0.5) is 0 Å². The quantitative estimate of drug-likeness (QED) is 0.673. The van der Waals surface area contributed by atoms with Gasteiger partial charge in [0.25, 0.3) is 0 Å². The fraction of sp³-hybridized carbons (Fsp3) is 0.143. The molecule has 0 aliphatic heterocycles. The van der Waals surface area contributed by atoms with Crippen LogP contribution in [0, 0.1) is 5.92 Å². The molecule has 5 rings (SSSR count). The van der Waals surface area contributed by atoms with Crippen LogP contribution in [-0.4, -0.2) is 0 Å². The maximum atomic E-state index is 2.46. The predicted octanol–water partition coefficient (Wildman–Crippen LogP) is 1.18. The molecule has 0 spiro atoms. The van der Waals surface area contributed by atoms with Crippen molar-refractivity contribution in [2.24, 2.45) is 5.92 Å². The Morgan fingerprint density at radius 3 is 2.71 bits per heavy atom. The Morgan fingerprint density at radius 1 is 0.857 bits per heavy atom. The van der Waals surface area contributed by atoms with Crippen LogP contribution in [0.3, 0.4) is 0 Å². The molecule has 2 aromatic carbocycles. The van der Waals surface area contributed by atoms with Crippen molar-refractivity contribution in [1.82, 2.24) is 0 Å². The number of benzene rings is 2. The van der Waals surface area contributed by atoms with E-state index in [0.717, 1.165) is 6.42 Å². The number of rotatable bonds is 0. The molecule has 0 nitrogen and oxygen atoms in total. The summed E-state index contributed by atoms with van der Waals surface area (Å²) in [6.45, 7) is 0. The Labute approximate surface area is 123 Å². The minimum Gasteiger partial charge on any atom is -0.0801 e. The van der Waals surface area contributed by atoms with Crippen molar-refractivity contribution in [3.63, 3.8) is 0 Å². The van der Waals surface area contributed by atoms with Crippen molar-refractivity contribution < 1.29 is 0 Å². The lowest BCUT2D eigenvalue weighted by Crippen LogP contribution is -2.29. The molecule has 0 radical (unpaired) electrons. The molecular weight excluding hydrogens is 252 g/mol. The third kappa shape index (κ3) is 1.56. The first-order valence-electron chi connectivity index (χ1n) is 7.71. The second-order valence-corrected chi connectivity index (χ2v) is 6.16. The zero-order valence-corrected chi connectivity index (χ0v) is 11.8. The monoisotopic (exact) mass is 268 g/mol. The van der Waals surface area contributed by atoms with Crippen LogP contribution in [0.2, 0.25) is 0 Å². The summed E-state index contributed by atoms with van der Waals surface area (Å²) in [7, 11) is 0. The first kappa shape index (κ1) is 11.3. The van der Waals surface area contributed by atoms with E-state index in [0.29, 0.717) is 5.92 Å². The standard InChI is InChI=1S/C21H16/c1-2-7-16-12-20-17(11-15(16)6-1)13-21-18-8-4-3-5-14(18)9-10-19(20)21/h1-7,9-12,17H,8,13H2. The fourth-order valence-electron chi connectivity index (χ4n) is 4.01. The van der Waals surface area contributed by atoms with E-state index in [2.05, 4.69) is 66.8 Å². The largest absolute Gasteiger partial charge is 0.0801 e. The highest BCUT2D eigenvalue weighted by molar-refractivity contribution is 5.86. The van der Waals surface area contributed by atoms with Gasteiger partial charge in [0.15, 0.2) is 0 Å². The normalized spacial score (nSPS) is 20.4. The van der Waals surface area contributed by atoms with Crippen LogP contribution in [0.15, 0.2) is 48.6 Å². The molecular formula is C21H16. The van der Waals surface area contributed by atoms with E-state index in [1.165, 1.54) is 32.9 Å². The molecule has 3 aliphatic rings. The Morgan fingerprint density at radius 2 is 1.76 bits per heavy atom. The highest BCUT2D eigenvalue weighted by Crippen LogP contribution is 2.27. The molecule has 21 heavy (non-hydrogen) atoms. The van der Waals surface area contributed by atoms with Gasteiger partial charge in [0.05, 0.1) is 0 Å². The van der Waals surface area contributed by atoms with E-state index in [-0.39, 0.29) is 0 Å². The van der Waals surface area contributed by atoms with Crippen molar-refractivity contribution in [3.8, 4) is 0 Å². The minimum atomic E-state index is 0.562. The summed E-state index contributed by atoms with van der Waals surface area (Å²) in [5.74, 6) is 0.562. The number of hydrogen-bond donors (Lipinski definition) is 0. The van der Waals surface area contributed by atoms with Gasteiger partial charge in [0.2, 0.25) is 0 Å². The summed E-state index contributed by atoms with van der Waals surface area (Å²) in [6, 6.07) is 13.3. The van der Waals surface area contributed by atoms with Crippen molar-refractivity contribution in [2.75, 3.05) is 0 Å². The lowest BCUT2D eigenvalue weighted by atomic mass is 9.92. The third-order valence-corrected chi connectivity index (χ3v) is 5.02. The lowest BCUT2D eigenvalue weighted by molar-refractivity contribution is 0.887. The van der Waals surface area contributed by atoms with Crippen LogP contribution in [-0.2, 0) is 12.8 Å². The lowest BCUT2D eigenvalue weighted by Gasteiger charge is -2.12. The summed E-state index contributed by atoms with van der Waals surface area (Å²) in [5.41, 5.74) is 4.64. The molecule has 0 fully saturated rings. The predicted molar refractivity (Wildman–Crippen MR) is 88.2 cm³/mol. The van der Waals surface area contributed by atoms with E-state index in [4.69, 9.17) is 0 Å². The second kappa shape index (κ2) is 4.08. The number of allylic oxidation sites excluding steroid dienone is 2. The molecule has 0 aromatic heterocycles. The Bertz CT molecular complexity index is 1030. The van der Waals surface area contributed by atoms with Gasteiger partial charge in [-0.15, -0.1) is 0 Å². The van der Waals surface area contributed by atoms with Gasteiger partial charge >= 0.3 is 0 Å². The topological polar surface area (TPSA) is 0 Å². The maximum Gasteiger partial charge on any atom is 0.00741 e. The summed E-state index contributed by atoms with van der Waals surface area (Å²) >= 11 is 0. The van der Waals surface area contributed by atoms with Crippen molar-refractivity contribution in [3.05, 3.63) is 80.6 Å². The van der Waals surface area contributed by atoms with Crippen LogP contribution in [0.25, 0.3) is 23.8 Å². The Hall–Kier alpha value is -2.34. The Balaban J connectivity index is 1.86. The van der Waals surface area contributed by atoms with E-state index in [1.807, 2.05) is 0 Å². The smallest absolute Gasteiger partial charge is 0.00741 e. The molecule has 3 aliphatic carbocycles. The summed E-state index contributed by atoms with van der Waals surface area (Å²) < 4.78 is 0. The van der Waals surface area contributed by atoms with Gasteiger partial charge in [-0.1, -0.05) is 60.7 Å². The molecule has 2 aromatic rings. The first-order valence-corrected chi connectivity index (χ1v) is 7.71. The van der Waals surface area contributed by atoms with E-state index in [9.17, 15) is 0 Å². The minimum absolute atomic E-state index is 0.562. The van der Waals surface area contributed by atoms with Crippen LogP contribution in [0.5, 0.6) is 0 Å². The van der Waals surface area contributed by atoms with Crippen LogP contribution < -0.4 is 20.9 Å². The van der Waals surface area contributed by atoms with E-state index >= 15 is 0 Å². The molecule has 100 valence electrons. The molecule has 0 saturated heterocycles. The summed E-state index contributed by atoms with van der Waals surface area (Å²) in [4.78, 5) is 0. The summed E-state index contributed by atoms with van der Waals surface area (Å²) in [6.07, 6.45) is 13.8. The second-order valence-electron chi connectivity index (χ2n) is 6.16. The molecule has 0 saturated carbocycles. The summed E-state index contributed by atoms with van der Waals surface area (Å²) in [5, 5.41) is 5.64. The number of hydrogen-bond acceptors (Lipinski definition) is 0. The molecule has 0 heteroatoms. The molecule has 0 N–H and O–H groups in total. The zero-order valence-electron chi connectivity index (χ0n) is 11.8. The van der Waals surface area contributed by atoms with Crippen molar-refractivity contribution in [1.29, 1.82) is 0 Å². The van der Waals surface area contributed by atoms with Gasteiger partial charge in [-0.25, -0.2) is 0 Å². The molecule has 0 bridgehead atoms. The van der Waals surface area contributed by atoms with E-state index < -0.39 is 0 Å². The van der Waals surface area contributed by atoms with Crippen LogP contribution >= 0.6 is 0 Å². The Kier molecular flexibility index (Phi) is 2.20. The third-order valence-electron chi connectivity index (χ3n) is 5.02.